The summed E-state index contributed by atoms with van der Waals surface area (Å²) >= 11 is 1.53. The molecule has 1 aliphatic rings. The fourth-order valence-electron chi connectivity index (χ4n) is 2.81. The smallest absolute Gasteiger partial charge is 0.184 e. The van der Waals surface area contributed by atoms with Gasteiger partial charge in [0.2, 0.25) is 0 Å². The van der Waals surface area contributed by atoms with Gasteiger partial charge >= 0.3 is 0 Å². The van der Waals surface area contributed by atoms with Gasteiger partial charge < -0.3 is 18.7 Å². The molecule has 138 valence electrons. The number of benzene rings is 1. The molecule has 27 heavy (non-hydrogen) atoms. The van der Waals surface area contributed by atoms with Crippen LogP contribution in [-0.2, 0) is 0 Å². The van der Waals surface area contributed by atoms with Gasteiger partial charge in [-0.05, 0) is 55.0 Å². The lowest BCUT2D eigenvalue weighted by Gasteiger charge is -2.11. The lowest BCUT2D eigenvalue weighted by Crippen LogP contribution is -1.99. The Labute approximate surface area is 160 Å². The van der Waals surface area contributed by atoms with E-state index in [1.54, 1.807) is 36.9 Å². The maximum atomic E-state index is 9.81. The summed E-state index contributed by atoms with van der Waals surface area (Å²) in [5.74, 6) is 2.15. The Hall–Kier alpha value is -2.93. The summed E-state index contributed by atoms with van der Waals surface area (Å²) < 4.78 is 16.5. The first-order valence-electron chi connectivity index (χ1n) is 8.55. The van der Waals surface area contributed by atoms with Crippen molar-refractivity contribution >= 4 is 23.1 Å². The van der Waals surface area contributed by atoms with Gasteiger partial charge in [0.1, 0.15) is 22.8 Å². The third kappa shape index (κ3) is 3.78. The first-order valence-corrected chi connectivity index (χ1v) is 9.43. The molecular formula is C20H18N2O4S. The molecule has 1 aromatic carbocycles. The van der Waals surface area contributed by atoms with Crippen LogP contribution >= 0.6 is 11.8 Å². The Morgan fingerprint density at radius 3 is 2.67 bits per heavy atom. The highest BCUT2D eigenvalue weighted by Gasteiger charge is 2.36. The Kier molecular flexibility index (Phi) is 5.02. The molecule has 0 saturated heterocycles. The van der Waals surface area contributed by atoms with Crippen LogP contribution in [0.2, 0.25) is 0 Å². The average Bonchev–Trinajstić information content (AvgIpc) is 3.42. The molecule has 3 heterocycles. The van der Waals surface area contributed by atoms with Gasteiger partial charge in [-0.25, -0.2) is 9.98 Å². The molecule has 0 fully saturated rings. The first-order chi connectivity index (χ1) is 13.2. The quantitative estimate of drug-likeness (QED) is 0.629. The van der Waals surface area contributed by atoms with E-state index in [2.05, 4.69) is 4.99 Å². The van der Waals surface area contributed by atoms with Gasteiger partial charge in [-0.1, -0.05) is 11.8 Å². The summed E-state index contributed by atoms with van der Waals surface area (Å²) in [5, 5.41) is 10.4. The molecule has 6 nitrogen and oxygen atoms in total. The topological polar surface area (TPSA) is 80.5 Å². The number of amidine groups is 1. The standard InChI is InChI=1S/C20H18N2O4S/c1-2-24-17-11-13(7-8-14(17)23)12-21-20-22-18(15-5-3-9-25-15)19(27-20)16-6-4-10-26-16/h3-12,18-19,23H,2H2,1H3/t18-,19-/m1/s1. The van der Waals surface area contributed by atoms with Crippen molar-refractivity contribution in [3.63, 3.8) is 0 Å². The molecule has 2 atom stereocenters. The Morgan fingerprint density at radius 2 is 1.96 bits per heavy atom. The van der Waals surface area contributed by atoms with Gasteiger partial charge in [0.15, 0.2) is 16.7 Å². The summed E-state index contributed by atoms with van der Waals surface area (Å²) in [4.78, 5) is 9.22. The van der Waals surface area contributed by atoms with E-state index in [0.717, 1.165) is 17.1 Å². The van der Waals surface area contributed by atoms with Crippen molar-refractivity contribution in [3.05, 3.63) is 72.1 Å². The molecule has 0 unspecified atom stereocenters. The number of hydrogen-bond donors (Lipinski definition) is 1. The molecule has 0 spiro atoms. The van der Waals surface area contributed by atoms with Crippen molar-refractivity contribution in [1.82, 2.24) is 0 Å². The van der Waals surface area contributed by atoms with E-state index in [0.29, 0.717) is 17.5 Å². The minimum Gasteiger partial charge on any atom is -0.504 e. The first kappa shape index (κ1) is 17.5. The van der Waals surface area contributed by atoms with Crippen LogP contribution in [0.1, 0.15) is 35.3 Å². The summed E-state index contributed by atoms with van der Waals surface area (Å²) in [6.07, 6.45) is 5.00. The Morgan fingerprint density at radius 1 is 1.19 bits per heavy atom. The second-order valence-corrected chi connectivity index (χ2v) is 6.95. The number of aromatic hydroxyl groups is 1. The van der Waals surface area contributed by atoms with Gasteiger partial charge in [-0.3, -0.25) is 0 Å². The lowest BCUT2D eigenvalue weighted by atomic mass is 10.1. The molecule has 1 N–H and O–H groups in total. The maximum Gasteiger partial charge on any atom is 0.184 e. The highest BCUT2D eigenvalue weighted by molar-refractivity contribution is 8.14. The maximum absolute atomic E-state index is 9.81. The van der Waals surface area contributed by atoms with Crippen molar-refractivity contribution in [2.75, 3.05) is 6.61 Å². The summed E-state index contributed by atoms with van der Waals surface area (Å²) in [6.45, 7) is 2.35. The molecule has 4 rings (SSSR count). The second kappa shape index (κ2) is 7.75. The van der Waals surface area contributed by atoms with Gasteiger partial charge in [-0.2, -0.15) is 0 Å². The second-order valence-electron chi connectivity index (χ2n) is 5.84. The van der Waals surface area contributed by atoms with E-state index >= 15 is 0 Å². The number of rotatable bonds is 5. The monoisotopic (exact) mass is 382 g/mol. The van der Waals surface area contributed by atoms with E-state index < -0.39 is 0 Å². The number of furan rings is 2. The van der Waals surface area contributed by atoms with Crippen LogP contribution in [0.4, 0.5) is 0 Å². The zero-order valence-corrected chi connectivity index (χ0v) is 15.4. The van der Waals surface area contributed by atoms with Crippen LogP contribution in [0.15, 0.2) is 73.8 Å². The normalized spacial score (nSPS) is 19.5. The predicted octanol–water partition coefficient (Wildman–Crippen LogP) is 4.98. The number of aliphatic imine (C=N–C) groups is 2. The van der Waals surface area contributed by atoms with Crippen molar-refractivity contribution in [2.24, 2.45) is 9.98 Å². The molecule has 0 aliphatic carbocycles. The van der Waals surface area contributed by atoms with Gasteiger partial charge in [0, 0.05) is 6.21 Å². The molecule has 7 heteroatoms. The number of nitrogens with zero attached hydrogens (tertiary/aromatic N) is 2. The fraction of sp³-hybridized carbons (Fsp3) is 0.200. The van der Waals surface area contributed by atoms with Gasteiger partial charge in [0.05, 0.1) is 19.1 Å². The molecular weight excluding hydrogens is 364 g/mol. The largest absolute Gasteiger partial charge is 0.504 e. The zero-order valence-electron chi connectivity index (χ0n) is 14.6. The van der Waals surface area contributed by atoms with E-state index in [1.807, 2.05) is 31.2 Å². The van der Waals surface area contributed by atoms with Crippen LogP contribution < -0.4 is 4.74 Å². The molecule has 0 amide bonds. The number of thioether (sulfide) groups is 1. The summed E-state index contributed by atoms with van der Waals surface area (Å²) in [5.41, 5.74) is 0.815. The van der Waals surface area contributed by atoms with Crippen LogP contribution in [0, 0.1) is 0 Å². The van der Waals surface area contributed by atoms with Gasteiger partial charge in [0.25, 0.3) is 0 Å². The molecule has 3 aromatic rings. The number of hydrogen-bond acceptors (Lipinski definition) is 7. The predicted molar refractivity (Wildman–Crippen MR) is 105 cm³/mol. The van der Waals surface area contributed by atoms with Crippen molar-refractivity contribution in [2.45, 2.75) is 18.2 Å². The minimum absolute atomic E-state index is 0.0305. The number of phenols is 1. The van der Waals surface area contributed by atoms with Crippen LogP contribution in [0.3, 0.4) is 0 Å². The highest BCUT2D eigenvalue weighted by atomic mass is 32.2. The molecule has 0 bridgehead atoms. The highest BCUT2D eigenvalue weighted by Crippen LogP contribution is 2.48. The third-order valence-corrected chi connectivity index (χ3v) is 5.20. The van der Waals surface area contributed by atoms with E-state index in [4.69, 9.17) is 18.6 Å². The molecule has 0 radical (unpaired) electrons. The minimum atomic E-state index is -0.192. The van der Waals surface area contributed by atoms with E-state index in [9.17, 15) is 5.11 Å². The summed E-state index contributed by atoms with van der Waals surface area (Å²) in [6, 6.07) is 12.5. The average molecular weight is 382 g/mol. The molecule has 2 aromatic heterocycles. The van der Waals surface area contributed by atoms with Gasteiger partial charge in [-0.15, -0.1) is 0 Å². The number of phenolic OH excluding ortho intramolecular Hbond substituents is 1. The third-order valence-electron chi connectivity index (χ3n) is 4.03. The molecule has 1 aliphatic heterocycles. The zero-order chi connectivity index (χ0) is 18.6. The fourth-order valence-corrected chi connectivity index (χ4v) is 3.90. The SMILES string of the molecule is CCOc1cc(C=NC2=N[C@H](c3ccco3)[C@@H](c3ccco3)S2)ccc1O. The summed E-state index contributed by atoms with van der Waals surface area (Å²) in [7, 11) is 0. The lowest BCUT2D eigenvalue weighted by molar-refractivity contribution is 0.318. The van der Waals surface area contributed by atoms with E-state index in [1.165, 1.54) is 11.8 Å². The van der Waals surface area contributed by atoms with Crippen LogP contribution in [0.25, 0.3) is 0 Å². The van der Waals surface area contributed by atoms with Crippen molar-refractivity contribution in [3.8, 4) is 11.5 Å². The number of ether oxygens (including phenoxy) is 1. The van der Waals surface area contributed by atoms with Crippen LogP contribution in [-0.4, -0.2) is 23.1 Å². The van der Waals surface area contributed by atoms with Crippen molar-refractivity contribution < 1.29 is 18.7 Å². The Balaban J connectivity index is 1.58. The Bertz CT molecular complexity index is 949. The molecule has 0 saturated carbocycles. The van der Waals surface area contributed by atoms with E-state index in [-0.39, 0.29) is 17.0 Å². The van der Waals surface area contributed by atoms with Crippen LogP contribution in [0.5, 0.6) is 11.5 Å². The van der Waals surface area contributed by atoms with Crippen molar-refractivity contribution in [1.29, 1.82) is 0 Å².